The zero-order chi connectivity index (χ0) is 29.3. The first-order chi connectivity index (χ1) is 18.3. The molecule has 2 aliphatic rings. The maximum Gasteiger partial charge on any atom is 0.175 e. The minimum absolute atomic E-state index is 0.0264. The number of aliphatic hydroxyl groups excluding tert-OH is 7. The molecule has 0 aromatic rings. The number of likely N-dealkylation sites (N-methyl/N-ethyl adjacent to an activating group) is 2. The first kappa shape index (κ1) is 34.6. The molecule has 1 aliphatic heterocycles. The van der Waals surface area contributed by atoms with Crippen molar-refractivity contribution in [1.29, 1.82) is 0 Å². The van der Waals surface area contributed by atoms with E-state index >= 15 is 0 Å². The molecule has 232 valence electrons. The topological polar surface area (TPSA) is 254 Å². The van der Waals surface area contributed by atoms with Crippen LogP contribution in [0.3, 0.4) is 0 Å². The van der Waals surface area contributed by atoms with Crippen LogP contribution in [0.4, 0.5) is 0 Å². The van der Waals surface area contributed by atoms with E-state index < -0.39 is 79.9 Å². The van der Waals surface area contributed by atoms with E-state index in [1.807, 2.05) is 23.9 Å². The number of hydrogen-bond acceptors (Lipinski definition) is 15. The largest absolute Gasteiger partial charge is 0.394 e. The summed E-state index contributed by atoms with van der Waals surface area (Å²) in [5.41, 5.74) is 17.6. The molecule has 0 bridgehead atoms. The second kappa shape index (κ2) is 16.7. The lowest BCUT2D eigenvalue weighted by Crippen LogP contribution is -2.62. The van der Waals surface area contributed by atoms with Gasteiger partial charge in [0.2, 0.25) is 0 Å². The van der Waals surface area contributed by atoms with Gasteiger partial charge in [-0.3, -0.25) is 0 Å². The molecule has 13 N–H and O–H groups in total. The van der Waals surface area contributed by atoms with E-state index in [-0.39, 0.29) is 13.2 Å². The lowest BCUT2D eigenvalue weighted by Gasteiger charge is -2.40. The van der Waals surface area contributed by atoms with Crippen LogP contribution in [0.15, 0.2) is 0 Å². The predicted molar refractivity (Wildman–Crippen MR) is 140 cm³/mol. The minimum Gasteiger partial charge on any atom is -0.394 e. The second-order valence-corrected chi connectivity index (χ2v) is 11.0. The van der Waals surface area contributed by atoms with Crippen LogP contribution in [0.5, 0.6) is 0 Å². The van der Waals surface area contributed by atoms with E-state index in [0.717, 1.165) is 25.9 Å². The number of ether oxygens (including phenoxy) is 3. The summed E-state index contributed by atoms with van der Waals surface area (Å²) in [5, 5.41) is 69.8. The van der Waals surface area contributed by atoms with Crippen LogP contribution in [-0.4, -0.2) is 179 Å². The molecule has 1 saturated carbocycles. The Morgan fingerprint density at radius 2 is 1.33 bits per heavy atom. The summed E-state index contributed by atoms with van der Waals surface area (Å²) in [6.07, 6.45) is -7.44. The Morgan fingerprint density at radius 3 is 1.87 bits per heavy atom. The third-order valence-corrected chi connectivity index (χ3v) is 7.33. The Hall–Kier alpha value is -0.600. The number of nitrogens with zero attached hydrogens (tertiary/aromatic N) is 2. The molecule has 15 nitrogen and oxygen atoms in total. The number of rotatable bonds is 16. The van der Waals surface area contributed by atoms with Crippen molar-refractivity contribution in [2.24, 2.45) is 17.2 Å². The van der Waals surface area contributed by atoms with Gasteiger partial charge in [-0.05, 0) is 46.4 Å². The third kappa shape index (κ3) is 10.6. The summed E-state index contributed by atoms with van der Waals surface area (Å²) in [7, 11) is 3.75. The van der Waals surface area contributed by atoms with E-state index in [0.29, 0.717) is 19.5 Å². The molecule has 2 rings (SSSR count). The van der Waals surface area contributed by atoms with Crippen LogP contribution in [-0.2, 0) is 14.2 Å². The summed E-state index contributed by atoms with van der Waals surface area (Å²) in [5.74, 6) is 0. The van der Waals surface area contributed by atoms with Gasteiger partial charge in [0.15, 0.2) is 6.29 Å². The van der Waals surface area contributed by atoms with Gasteiger partial charge in [-0.25, -0.2) is 0 Å². The predicted octanol–water partition coefficient (Wildman–Crippen LogP) is -5.70. The van der Waals surface area contributed by atoms with Crippen molar-refractivity contribution >= 4 is 0 Å². The fourth-order valence-corrected chi connectivity index (χ4v) is 4.96. The van der Waals surface area contributed by atoms with Gasteiger partial charge in [-0.2, -0.15) is 0 Å². The second-order valence-electron chi connectivity index (χ2n) is 11.0. The van der Waals surface area contributed by atoms with E-state index in [2.05, 4.69) is 0 Å². The van der Waals surface area contributed by atoms with Crippen LogP contribution in [0.1, 0.15) is 19.3 Å². The average molecular weight is 570 g/mol. The summed E-state index contributed by atoms with van der Waals surface area (Å²) < 4.78 is 16.5. The fraction of sp³-hybridized carbons (Fsp3) is 1.00. The highest BCUT2D eigenvalue weighted by Gasteiger charge is 2.43. The molecule has 2 fully saturated rings. The summed E-state index contributed by atoms with van der Waals surface area (Å²) in [6.45, 7) is 1.51. The SMILES string of the molecule is CN(CCCCN(C)CC(O)CO[C@H]1[C@H](O)[C@@H](O)[C@H](N)C[C@@H]1N)CC(O)CO[C@H]1O[C@H](CO)[C@@H](O)[C@H](O)[C@H]1N. The molecule has 1 heterocycles. The Kier molecular flexibility index (Phi) is 14.9. The number of hydrogen-bond donors (Lipinski definition) is 10. The molecule has 2 unspecified atom stereocenters. The molecular formula is C24H51N5O10. The molecule has 0 aromatic heterocycles. The molecule has 12 atom stereocenters. The number of aliphatic hydroxyl groups is 7. The zero-order valence-corrected chi connectivity index (χ0v) is 23.0. The highest BCUT2D eigenvalue weighted by atomic mass is 16.7. The standard InChI is InChI=1S/C24H51N5O10/c1-28(8-13(31)11-37-23-16(26)7-15(25)19(33)22(23)36)5-3-4-6-29(2)9-14(32)12-38-24-18(27)21(35)20(34)17(10-30)39-24/h13-24,30-36H,3-12,25-27H2,1-2H3/t13?,14?,15-,16+,17-,18-,19+,20-,21-,22-,23-,24+/m1/s1. The molecule has 0 radical (unpaired) electrons. The smallest absolute Gasteiger partial charge is 0.175 e. The van der Waals surface area contributed by atoms with Gasteiger partial charge in [-0.15, -0.1) is 0 Å². The molecule has 1 saturated heterocycles. The van der Waals surface area contributed by atoms with E-state index in [1.165, 1.54) is 0 Å². The normalized spacial score (nSPS) is 37.4. The molecule has 1 aliphatic carbocycles. The minimum atomic E-state index is -1.32. The Bertz CT molecular complexity index is 685. The zero-order valence-electron chi connectivity index (χ0n) is 23.0. The van der Waals surface area contributed by atoms with Crippen molar-refractivity contribution < 1.29 is 50.0 Å². The fourth-order valence-electron chi connectivity index (χ4n) is 4.96. The first-order valence-corrected chi connectivity index (χ1v) is 13.6. The van der Waals surface area contributed by atoms with Crippen LogP contribution in [0.2, 0.25) is 0 Å². The first-order valence-electron chi connectivity index (χ1n) is 13.6. The monoisotopic (exact) mass is 569 g/mol. The van der Waals surface area contributed by atoms with Gasteiger partial charge in [0.05, 0.1) is 44.2 Å². The van der Waals surface area contributed by atoms with Gasteiger partial charge in [-0.1, -0.05) is 0 Å². The van der Waals surface area contributed by atoms with Crippen molar-refractivity contribution in [1.82, 2.24) is 9.80 Å². The van der Waals surface area contributed by atoms with Crippen molar-refractivity contribution in [3.63, 3.8) is 0 Å². The van der Waals surface area contributed by atoms with E-state index in [4.69, 9.17) is 31.4 Å². The maximum atomic E-state index is 10.3. The summed E-state index contributed by atoms with van der Waals surface area (Å²) >= 11 is 0. The Morgan fingerprint density at radius 1 is 0.795 bits per heavy atom. The summed E-state index contributed by atoms with van der Waals surface area (Å²) in [4.78, 5) is 3.92. The Labute approximate surface area is 230 Å². The van der Waals surface area contributed by atoms with Crippen molar-refractivity contribution in [3.05, 3.63) is 0 Å². The van der Waals surface area contributed by atoms with Gasteiger partial charge in [0.25, 0.3) is 0 Å². The van der Waals surface area contributed by atoms with Crippen molar-refractivity contribution in [2.75, 3.05) is 60.1 Å². The van der Waals surface area contributed by atoms with Gasteiger partial charge < -0.3 is 77.0 Å². The molecule has 39 heavy (non-hydrogen) atoms. The van der Waals surface area contributed by atoms with Gasteiger partial charge >= 0.3 is 0 Å². The van der Waals surface area contributed by atoms with E-state index in [9.17, 15) is 35.7 Å². The van der Waals surface area contributed by atoms with Crippen molar-refractivity contribution in [3.8, 4) is 0 Å². The number of unbranched alkanes of at least 4 members (excludes halogenated alkanes) is 1. The summed E-state index contributed by atoms with van der Waals surface area (Å²) in [6, 6.07) is -2.15. The highest BCUT2D eigenvalue weighted by Crippen LogP contribution is 2.22. The van der Waals surface area contributed by atoms with Gasteiger partial charge in [0.1, 0.15) is 30.5 Å². The molecular weight excluding hydrogens is 518 g/mol. The third-order valence-electron chi connectivity index (χ3n) is 7.33. The van der Waals surface area contributed by atoms with E-state index in [1.54, 1.807) is 0 Å². The van der Waals surface area contributed by atoms with Crippen LogP contribution < -0.4 is 17.2 Å². The van der Waals surface area contributed by atoms with Gasteiger partial charge in [0, 0.05) is 25.2 Å². The van der Waals surface area contributed by atoms with Crippen LogP contribution in [0.25, 0.3) is 0 Å². The van der Waals surface area contributed by atoms with Crippen molar-refractivity contribution in [2.45, 2.75) is 92.5 Å². The average Bonchev–Trinajstić information content (AvgIpc) is 2.88. The highest BCUT2D eigenvalue weighted by molar-refractivity contribution is 4.97. The lowest BCUT2D eigenvalue weighted by molar-refractivity contribution is -0.270. The maximum absolute atomic E-state index is 10.3. The Balaban J connectivity index is 1.57. The number of nitrogens with two attached hydrogens (primary N) is 3. The molecule has 0 amide bonds. The molecule has 0 spiro atoms. The molecule has 0 aromatic carbocycles. The molecule has 15 heteroatoms. The van der Waals surface area contributed by atoms with Crippen LogP contribution >= 0.6 is 0 Å². The lowest BCUT2D eigenvalue weighted by atomic mass is 9.85. The van der Waals surface area contributed by atoms with Crippen LogP contribution in [0, 0.1) is 0 Å². The quantitative estimate of drug-likeness (QED) is 0.0777.